The first kappa shape index (κ1) is 10.9. The SMILES string of the molecule is C=CCOB(O)ON1C(=O)CCC1=O. The average molecular weight is 199 g/mol. The van der Waals surface area contributed by atoms with Gasteiger partial charge in [0.15, 0.2) is 0 Å². The third-order valence-electron chi connectivity index (χ3n) is 1.56. The molecule has 0 atom stereocenters. The van der Waals surface area contributed by atoms with E-state index in [-0.39, 0.29) is 19.4 Å². The molecule has 1 aliphatic heterocycles. The molecule has 0 unspecified atom stereocenters. The van der Waals surface area contributed by atoms with Gasteiger partial charge < -0.3 is 9.68 Å². The molecule has 0 spiro atoms. The van der Waals surface area contributed by atoms with Crippen molar-refractivity contribution in [1.29, 1.82) is 0 Å². The van der Waals surface area contributed by atoms with Crippen LogP contribution in [0.2, 0.25) is 0 Å². The average Bonchev–Trinajstić information content (AvgIpc) is 2.46. The largest absolute Gasteiger partial charge is 0.660 e. The lowest BCUT2D eigenvalue weighted by atomic mass is 10.2. The molecule has 1 saturated heterocycles. The van der Waals surface area contributed by atoms with E-state index in [1.807, 2.05) is 0 Å². The number of hydroxylamine groups is 2. The fourth-order valence-electron chi connectivity index (χ4n) is 0.945. The van der Waals surface area contributed by atoms with Crippen molar-refractivity contribution in [1.82, 2.24) is 5.06 Å². The molecule has 1 rings (SSSR count). The predicted octanol–water partition coefficient (Wildman–Crippen LogP) is -0.753. The standard InChI is InChI=1S/C7H10BNO5/c1-2-5-13-8(12)14-9-6(10)3-4-7(9)11/h2,12H,1,3-5H2. The van der Waals surface area contributed by atoms with E-state index in [0.717, 1.165) is 0 Å². The molecule has 1 N–H and O–H groups in total. The number of nitrogens with zero attached hydrogens (tertiary/aromatic N) is 1. The summed E-state index contributed by atoms with van der Waals surface area (Å²) in [5.41, 5.74) is 0. The second kappa shape index (κ2) is 4.89. The highest BCUT2D eigenvalue weighted by Crippen LogP contribution is 2.12. The van der Waals surface area contributed by atoms with Gasteiger partial charge in [0.05, 0.1) is 6.61 Å². The summed E-state index contributed by atoms with van der Waals surface area (Å²) in [5.74, 6) is -0.951. The molecule has 0 radical (unpaired) electrons. The van der Waals surface area contributed by atoms with Crippen LogP contribution < -0.4 is 0 Å². The molecule has 0 aromatic rings. The van der Waals surface area contributed by atoms with Gasteiger partial charge in [0.25, 0.3) is 11.8 Å². The Kier molecular flexibility index (Phi) is 3.81. The van der Waals surface area contributed by atoms with Crippen molar-refractivity contribution in [3.05, 3.63) is 12.7 Å². The summed E-state index contributed by atoms with van der Waals surface area (Å²) in [6, 6.07) is 0. The summed E-state index contributed by atoms with van der Waals surface area (Å²) in [4.78, 5) is 22.0. The van der Waals surface area contributed by atoms with Crippen LogP contribution in [-0.4, -0.2) is 35.8 Å². The highest BCUT2D eigenvalue weighted by molar-refractivity contribution is 6.35. The van der Waals surface area contributed by atoms with Crippen molar-refractivity contribution >= 4 is 19.1 Å². The Bertz CT molecular complexity index is 240. The fourth-order valence-corrected chi connectivity index (χ4v) is 0.945. The van der Waals surface area contributed by atoms with Crippen LogP contribution in [0, 0.1) is 0 Å². The molecule has 0 aromatic heterocycles. The lowest BCUT2D eigenvalue weighted by molar-refractivity contribution is -0.171. The van der Waals surface area contributed by atoms with E-state index < -0.39 is 19.1 Å². The maximum Gasteiger partial charge on any atom is 0.660 e. The van der Waals surface area contributed by atoms with Crippen LogP contribution in [-0.2, 0) is 19.0 Å². The van der Waals surface area contributed by atoms with Crippen molar-refractivity contribution in [2.24, 2.45) is 0 Å². The molecule has 0 bridgehead atoms. The summed E-state index contributed by atoms with van der Waals surface area (Å²) < 4.78 is 9.18. The van der Waals surface area contributed by atoms with Gasteiger partial charge in [-0.2, -0.15) is 5.06 Å². The highest BCUT2D eigenvalue weighted by atomic mass is 16.8. The number of rotatable bonds is 5. The molecule has 1 heterocycles. The summed E-state index contributed by atoms with van der Waals surface area (Å²) in [6.07, 6.45) is 1.61. The first-order valence-corrected chi connectivity index (χ1v) is 4.08. The number of amides is 2. The van der Waals surface area contributed by atoms with E-state index in [2.05, 4.69) is 16.0 Å². The van der Waals surface area contributed by atoms with Crippen LogP contribution in [0.4, 0.5) is 0 Å². The zero-order valence-corrected chi connectivity index (χ0v) is 7.51. The Hall–Kier alpha value is -1.18. The van der Waals surface area contributed by atoms with E-state index in [1.165, 1.54) is 6.08 Å². The van der Waals surface area contributed by atoms with Crippen molar-refractivity contribution in [2.45, 2.75) is 12.8 Å². The molecule has 14 heavy (non-hydrogen) atoms. The molecule has 0 saturated carbocycles. The molecule has 1 aliphatic rings. The van der Waals surface area contributed by atoms with Crippen LogP contribution in [0.1, 0.15) is 12.8 Å². The van der Waals surface area contributed by atoms with Gasteiger partial charge in [-0.15, -0.1) is 6.58 Å². The maximum atomic E-state index is 11.0. The normalized spacial score (nSPS) is 16.2. The molecular formula is C7H10BNO5. The lowest BCUT2D eigenvalue weighted by Gasteiger charge is -2.14. The van der Waals surface area contributed by atoms with Gasteiger partial charge in [-0.3, -0.25) is 14.3 Å². The Labute approximate surface area is 81.2 Å². The number of carbonyl (C=O) groups excluding carboxylic acids is 2. The Morgan fingerprint density at radius 1 is 1.50 bits per heavy atom. The fraction of sp³-hybridized carbons (Fsp3) is 0.429. The van der Waals surface area contributed by atoms with Gasteiger partial charge in [0.1, 0.15) is 0 Å². The zero-order chi connectivity index (χ0) is 10.6. The summed E-state index contributed by atoms with van der Waals surface area (Å²) in [6.45, 7) is 3.42. The highest BCUT2D eigenvalue weighted by Gasteiger charge is 2.34. The van der Waals surface area contributed by atoms with Crippen molar-refractivity contribution in [3.8, 4) is 0 Å². The van der Waals surface area contributed by atoms with Gasteiger partial charge in [0, 0.05) is 12.8 Å². The second-order valence-electron chi connectivity index (χ2n) is 2.62. The minimum Gasteiger partial charge on any atom is -0.400 e. The first-order valence-electron chi connectivity index (χ1n) is 4.08. The second-order valence-corrected chi connectivity index (χ2v) is 2.62. The van der Waals surface area contributed by atoms with E-state index >= 15 is 0 Å². The van der Waals surface area contributed by atoms with E-state index in [1.54, 1.807) is 0 Å². The van der Waals surface area contributed by atoms with Gasteiger partial charge in [-0.25, -0.2) is 0 Å². The van der Waals surface area contributed by atoms with Gasteiger partial charge in [0.2, 0.25) is 0 Å². The van der Waals surface area contributed by atoms with E-state index in [0.29, 0.717) is 5.06 Å². The van der Waals surface area contributed by atoms with Crippen LogP contribution in [0.25, 0.3) is 0 Å². The topological polar surface area (TPSA) is 76.1 Å². The number of carbonyl (C=O) groups is 2. The minimum atomic E-state index is -1.63. The van der Waals surface area contributed by atoms with Crippen LogP contribution in [0.5, 0.6) is 0 Å². The molecule has 76 valence electrons. The first-order chi connectivity index (χ1) is 6.65. The number of imide groups is 1. The monoisotopic (exact) mass is 199 g/mol. The summed E-state index contributed by atoms with van der Waals surface area (Å²) >= 11 is 0. The molecule has 0 aliphatic carbocycles. The molecule has 7 heteroatoms. The van der Waals surface area contributed by atoms with E-state index in [4.69, 9.17) is 5.02 Å². The summed E-state index contributed by atoms with van der Waals surface area (Å²) in [5, 5.41) is 9.56. The molecule has 1 fully saturated rings. The number of hydrogen-bond acceptors (Lipinski definition) is 5. The quantitative estimate of drug-likeness (QED) is 0.358. The lowest BCUT2D eigenvalue weighted by Crippen LogP contribution is -2.38. The Morgan fingerprint density at radius 2 is 2.07 bits per heavy atom. The van der Waals surface area contributed by atoms with E-state index in [9.17, 15) is 9.59 Å². The Balaban J connectivity index is 2.38. The van der Waals surface area contributed by atoms with Gasteiger partial charge in [-0.05, 0) is 0 Å². The third kappa shape index (κ3) is 2.66. The van der Waals surface area contributed by atoms with Crippen LogP contribution >= 0.6 is 0 Å². The molecule has 6 nitrogen and oxygen atoms in total. The number of hydrogen-bond donors (Lipinski definition) is 1. The summed E-state index contributed by atoms with van der Waals surface area (Å²) in [7, 11) is -1.63. The van der Waals surface area contributed by atoms with Crippen molar-refractivity contribution in [2.75, 3.05) is 6.61 Å². The minimum absolute atomic E-state index is 0.0669. The molecule has 2 amide bonds. The maximum absolute atomic E-state index is 11.0. The zero-order valence-electron chi connectivity index (χ0n) is 7.51. The molecule has 0 aromatic carbocycles. The van der Waals surface area contributed by atoms with Crippen molar-refractivity contribution < 1.29 is 24.0 Å². The third-order valence-corrected chi connectivity index (χ3v) is 1.56. The smallest absolute Gasteiger partial charge is 0.400 e. The molecular weight excluding hydrogens is 189 g/mol. The van der Waals surface area contributed by atoms with Gasteiger partial charge >= 0.3 is 7.32 Å². The van der Waals surface area contributed by atoms with Gasteiger partial charge in [-0.1, -0.05) is 6.08 Å². The van der Waals surface area contributed by atoms with Crippen LogP contribution in [0.3, 0.4) is 0 Å². The van der Waals surface area contributed by atoms with Crippen LogP contribution in [0.15, 0.2) is 12.7 Å². The Morgan fingerprint density at radius 3 is 2.57 bits per heavy atom. The predicted molar refractivity (Wildman–Crippen MR) is 46.3 cm³/mol. The van der Waals surface area contributed by atoms with Crippen molar-refractivity contribution in [3.63, 3.8) is 0 Å².